The Labute approximate surface area is 195 Å². The first kappa shape index (κ1) is 23.3. The summed E-state index contributed by atoms with van der Waals surface area (Å²) in [5.74, 6) is 0.645. The number of nitrogens with two attached hydrogens (primary N) is 1. The molecule has 3 rings (SSSR count). The lowest BCUT2D eigenvalue weighted by Crippen LogP contribution is -2.28. The highest BCUT2D eigenvalue weighted by molar-refractivity contribution is 8.77. The number of benzene rings is 2. The second-order valence-electron chi connectivity index (χ2n) is 7.15. The fraction of sp³-hybridized carbons (Fsp3) is 0.364. The van der Waals surface area contributed by atoms with E-state index < -0.39 is 5.91 Å². The highest BCUT2D eigenvalue weighted by Crippen LogP contribution is 2.41. The van der Waals surface area contributed by atoms with E-state index in [1.54, 1.807) is 35.2 Å². The summed E-state index contributed by atoms with van der Waals surface area (Å²) in [6.07, 6.45) is 4.55. The van der Waals surface area contributed by atoms with Gasteiger partial charge in [0.25, 0.3) is 0 Å². The number of carbonyl (C=O) groups is 2. The second-order valence-corrected chi connectivity index (χ2v) is 10.7. The van der Waals surface area contributed by atoms with Crippen molar-refractivity contribution in [3.63, 3.8) is 0 Å². The van der Waals surface area contributed by atoms with E-state index in [0.717, 1.165) is 19.3 Å². The predicted molar refractivity (Wildman–Crippen MR) is 130 cm³/mol. The minimum absolute atomic E-state index is 0.0264. The van der Waals surface area contributed by atoms with Crippen LogP contribution >= 0.6 is 44.8 Å². The van der Waals surface area contributed by atoms with Gasteiger partial charge in [-0.2, -0.15) is 0 Å². The summed E-state index contributed by atoms with van der Waals surface area (Å²) < 4.78 is 0. The fourth-order valence-corrected chi connectivity index (χ4v) is 7.07. The van der Waals surface area contributed by atoms with Crippen molar-refractivity contribution >= 4 is 68.0 Å². The molecule has 1 heterocycles. The van der Waals surface area contributed by atoms with Crippen molar-refractivity contribution in [2.45, 2.75) is 43.8 Å². The summed E-state index contributed by atoms with van der Waals surface area (Å²) in [7, 11) is 3.89. The molecule has 4 nitrogen and oxygen atoms in total. The minimum atomic E-state index is -0.466. The molecular formula is C22H24Cl2N2O2S2. The van der Waals surface area contributed by atoms with Crippen LogP contribution in [0, 0.1) is 0 Å². The number of rotatable bonds is 9. The van der Waals surface area contributed by atoms with Crippen LogP contribution < -0.4 is 10.6 Å². The Bertz CT molecular complexity index is 884. The third-order valence-corrected chi connectivity index (χ3v) is 8.52. The van der Waals surface area contributed by atoms with E-state index in [4.69, 9.17) is 28.9 Å². The van der Waals surface area contributed by atoms with Crippen LogP contribution in [-0.2, 0) is 16.0 Å². The summed E-state index contributed by atoms with van der Waals surface area (Å²) in [5, 5.41) is 1.45. The lowest BCUT2D eigenvalue weighted by molar-refractivity contribution is -0.118. The second kappa shape index (κ2) is 11.3. The fourth-order valence-electron chi connectivity index (χ4n) is 3.47. The van der Waals surface area contributed by atoms with Crippen molar-refractivity contribution < 1.29 is 9.59 Å². The lowest BCUT2D eigenvalue weighted by atomic mass is 10.1. The normalized spacial score (nSPS) is 15.9. The summed E-state index contributed by atoms with van der Waals surface area (Å²) in [4.78, 5) is 26.5. The first-order chi connectivity index (χ1) is 14.5. The number of hydrogen-bond acceptors (Lipinski definition) is 4. The van der Waals surface area contributed by atoms with Crippen molar-refractivity contribution in [3.8, 4) is 0 Å². The average Bonchev–Trinajstić information content (AvgIpc) is 3.22. The largest absolute Gasteiger partial charge is 0.369 e. The van der Waals surface area contributed by atoms with E-state index in [2.05, 4.69) is 0 Å². The number of hydrogen-bond donors (Lipinski definition) is 1. The van der Waals surface area contributed by atoms with Crippen molar-refractivity contribution in [1.82, 2.24) is 0 Å². The van der Waals surface area contributed by atoms with Gasteiger partial charge in [-0.3, -0.25) is 14.5 Å². The minimum Gasteiger partial charge on any atom is -0.369 e. The molecule has 1 aliphatic heterocycles. The standard InChI is InChI=1S/C22H24Cl2N2O2S2/c23-17-8-5-9-18(24)22(17)26(19-10-3-1-6-15(19)14-20(25)27)21(28)11-4-2-7-16-12-13-29-30-16/h1,3,5-6,8-10,16H,2,4,7,11-14H2,(H2,25,27)/t16-/m0/s1. The van der Waals surface area contributed by atoms with Crippen LogP contribution in [0.1, 0.15) is 37.7 Å². The Morgan fingerprint density at radius 2 is 1.80 bits per heavy atom. The molecule has 2 aromatic carbocycles. The predicted octanol–water partition coefficient (Wildman–Crippen LogP) is 6.40. The molecule has 0 spiro atoms. The molecule has 2 amide bonds. The van der Waals surface area contributed by atoms with Crippen LogP contribution in [0.2, 0.25) is 10.0 Å². The van der Waals surface area contributed by atoms with Gasteiger partial charge in [0.1, 0.15) is 0 Å². The zero-order valence-electron chi connectivity index (χ0n) is 16.5. The first-order valence-corrected chi connectivity index (χ1v) is 13.0. The lowest BCUT2D eigenvalue weighted by Gasteiger charge is -2.27. The third kappa shape index (κ3) is 6.10. The van der Waals surface area contributed by atoms with Crippen molar-refractivity contribution in [2.24, 2.45) is 5.73 Å². The van der Waals surface area contributed by atoms with Crippen molar-refractivity contribution in [3.05, 3.63) is 58.1 Å². The zero-order valence-corrected chi connectivity index (χ0v) is 19.6. The van der Waals surface area contributed by atoms with E-state index in [9.17, 15) is 9.59 Å². The third-order valence-electron chi connectivity index (χ3n) is 4.90. The molecule has 160 valence electrons. The average molecular weight is 483 g/mol. The Hall–Kier alpha value is -1.34. The van der Waals surface area contributed by atoms with Crippen LogP contribution in [0.4, 0.5) is 11.4 Å². The van der Waals surface area contributed by atoms with Crippen LogP contribution in [0.5, 0.6) is 0 Å². The molecule has 8 heteroatoms. The molecule has 0 bridgehead atoms. The number of primary amides is 1. The smallest absolute Gasteiger partial charge is 0.231 e. The summed E-state index contributed by atoms with van der Waals surface area (Å²) in [5.41, 5.74) is 7.11. The molecule has 0 radical (unpaired) electrons. The molecule has 0 unspecified atom stereocenters. The highest BCUT2D eigenvalue weighted by atomic mass is 35.5. The van der Waals surface area contributed by atoms with Gasteiger partial charge in [0.15, 0.2) is 0 Å². The van der Waals surface area contributed by atoms with Gasteiger partial charge in [0.2, 0.25) is 11.8 Å². The van der Waals surface area contributed by atoms with Crippen LogP contribution in [-0.4, -0.2) is 22.8 Å². The summed E-state index contributed by atoms with van der Waals surface area (Å²) >= 11 is 12.9. The van der Waals surface area contributed by atoms with E-state index in [1.807, 2.05) is 33.7 Å². The molecule has 1 fully saturated rings. The van der Waals surface area contributed by atoms with Gasteiger partial charge < -0.3 is 5.73 Å². The maximum absolute atomic E-state index is 13.4. The Kier molecular flexibility index (Phi) is 8.81. The number of para-hydroxylation sites is 2. The Balaban J connectivity index is 1.85. The highest BCUT2D eigenvalue weighted by Gasteiger charge is 2.25. The van der Waals surface area contributed by atoms with E-state index >= 15 is 0 Å². The molecule has 30 heavy (non-hydrogen) atoms. The van der Waals surface area contributed by atoms with Gasteiger partial charge in [-0.15, -0.1) is 0 Å². The van der Waals surface area contributed by atoms with Crippen LogP contribution in [0.15, 0.2) is 42.5 Å². The zero-order chi connectivity index (χ0) is 21.5. The molecule has 0 aliphatic carbocycles. The van der Waals surface area contributed by atoms with E-state index in [1.165, 1.54) is 12.2 Å². The number of anilines is 2. The maximum atomic E-state index is 13.4. The Morgan fingerprint density at radius 1 is 1.07 bits per heavy atom. The number of amides is 2. The van der Waals surface area contributed by atoms with Crippen molar-refractivity contribution in [2.75, 3.05) is 10.7 Å². The molecule has 0 saturated carbocycles. The monoisotopic (exact) mass is 482 g/mol. The van der Waals surface area contributed by atoms with Gasteiger partial charge in [-0.25, -0.2) is 0 Å². The molecule has 1 saturated heterocycles. The number of nitrogens with zero attached hydrogens (tertiary/aromatic N) is 1. The quantitative estimate of drug-likeness (QED) is 0.331. The van der Waals surface area contributed by atoms with Gasteiger partial charge in [-0.05, 0) is 43.0 Å². The van der Waals surface area contributed by atoms with Gasteiger partial charge in [0, 0.05) is 17.4 Å². The molecule has 2 N–H and O–H groups in total. The van der Waals surface area contributed by atoms with E-state index in [0.29, 0.717) is 38.7 Å². The van der Waals surface area contributed by atoms with Gasteiger partial charge >= 0.3 is 0 Å². The number of halogens is 2. The molecule has 2 aromatic rings. The summed E-state index contributed by atoms with van der Waals surface area (Å²) in [6.45, 7) is 0. The van der Waals surface area contributed by atoms with Gasteiger partial charge in [0.05, 0.1) is 27.8 Å². The Morgan fingerprint density at radius 3 is 2.47 bits per heavy atom. The van der Waals surface area contributed by atoms with Crippen LogP contribution in [0.3, 0.4) is 0 Å². The SMILES string of the molecule is NC(=O)Cc1ccccc1N(C(=O)CCCC[C@H]1CCSS1)c1c(Cl)cccc1Cl. The van der Waals surface area contributed by atoms with E-state index in [-0.39, 0.29) is 12.3 Å². The molecule has 1 atom stereocenters. The molecule has 0 aromatic heterocycles. The first-order valence-electron chi connectivity index (χ1n) is 9.89. The van der Waals surface area contributed by atoms with Crippen LogP contribution in [0.25, 0.3) is 0 Å². The number of carbonyl (C=O) groups excluding carboxylic acids is 2. The number of unbranched alkanes of at least 4 members (excludes halogenated alkanes) is 1. The molecular weight excluding hydrogens is 459 g/mol. The van der Waals surface area contributed by atoms with Crippen molar-refractivity contribution in [1.29, 1.82) is 0 Å². The van der Waals surface area contributed by atoms with Gasteiger partial charge in [-0.1, -0.05) is 75.5 Å². The topological polar surface area (TPSA) is 63.4 Å². The molecule has 1 aliphatic rings. The maximum Gasteiger partial charge on any atom is 0.231 e. The summed E-state index contributed by atoms with van der Waals surface area (Å²) in [6, 6.07) is 12.4.